The minimum Gasteiger partial charge on any atom is -0.508 e. The van der Waals surface area contributed by atoms with Gasteiger partial charge in [0.25, 0.3) is 0 Å². The molecule has 0 aliphatic heterocycles. The van der Waals surface area contributed by atoms with Gasteiger partial charge in [-0.25, -0.2) is 4.79 Å². The van der Waals surface area contributed by atoms with Crippen molar-refractivity contribution in [2.45, 2.75) is 37.8 Å². The quantitative estimate of drug-likeness (QED) is 0.180. The summed E-state index contributed by atoms with van der Waals surface area (Å²) in [5.41, 5.74) is 11.2. The molecule has 11 heteroatoms. The van der Waals surface area contributed by atoms with Gasteiger partial charge >= 0.3 is 5.97 Å². The molecule has 0 aliphatic carbocycles. The van der Waals surface area contributed by atoms with E-state index in [2.05, 4.69) is 16.0 Å². The number of carboxylic acids is 1. The maximum absolute atomic E-state index is 12.7. The minimum atomic E-state index is -1.24. The van der Waals surface area contributed by atoms with Crippen LogP contribution in [0.5, 0.6) is 5.75 Å². The highest BCUT2D eigenvalue weighted by Crippen LogP contribution is 2.12. The van der Waals surface area contributed by atoms with Crippen molar-refractivity contribution >= 4 is 23.7 Å². The first-order valence-electron chi connectivity index (χ1n) is 9.54. The predicted octanol–water partition coefficient (Wildman–Crippen LogP) is -1.81. The van der Waals surface area contributed by atoms with Gasteiger partial charge < -0.3 is 37.6 Å². The molecule has 166 valence electrons. The van der Waals surface area contributed by atoms with E-state index in [1.165, 1.54) is 12.1 Å². The second-order valence-corrected chi connectivity index (χ2v) is 6.66. The predicted molar refractivity (Wildman–Crippen MR) is 108 cm³/mol. The van der Waals surface area contributed by atoms with Crippen LogP contribution in [0.1, 0.15) is 24.8 Å². The third-order valence-electron chi connectivity index (χ3n) is 4.22. The van der Waals surface area contributed by atoms with Gasteiger partial charge in [-0.2, -0.15) is 0 Å². The Morgan fingerprint density at radius 1 is 0.933 bits per heavy atom. The zero-order valence-electron chi connectivity index (χ0n) is 16.6. The third kappa shape index (κ3) is 9.34. The molecular formula is C19H29N5O6. The Kier molecular flexibility index (Phi) is 10.9. The summed E-state index contributed by atoms with van der Waals surface area (Å²) >= 11 is 0. The van der Waals surface area contributed by atoms with Crippen LogP contribution in [0, 0.1) is 0 Å². The lowest BCUT2D eigenvalue weighted by molar-refractivity contribution is -0.142. The summed E-state index contributed by atoms with van der Waals surface area (Å²) in [5, 5.41) is 26.0. The highest BCUT2D eigenvalue weighted by Gasteiger charge is 2.26. The Morgan fingerprint density at radius 2 is 1.60 bits per heavy atom. The maximum atomic E-state index is 12.7. The van der Waals surface area contributed by atoms with Crippen LogP contribution in [-0.2, 0) is 25.6 Å². The second kappa shape index (κ2) is 13.1. The number of phenolic OH excluding ortho intramolecular Hbond substituents is 1. The summed E-state index contributed by atoms with van der Waals surface area (Å²) < 4.78 is 0. The molecule has 0 saturated carbocycles. The van der Waals surface area contributed by atoms with Crippen molar-refractivity contribution < 1.29 is 29.4 Å². The molecular weight excluding hydrogens is 394 g/mol. The molecule has 0 bridgehead atoms. The van der Waals surface area contributed by atoms with Crippen LogP contribution >= 0.6 is 0 Å². The fraction of sp³-hybridized carbons (Fsp3) is 0.474. The topological polar surface area (TPSA) is 197 Å². The van der Waals surface area contributed by atoms with Gasteiger partial charge in [-0.3, -0.25) is 14.4 Å². The smallest absolute Gasteiger partial charge is 0.326 e. The number of carbonyl (C=O) groups excluding carboxylic acids is 3. The fourth-order valence-electron chi connectivity index (χ4n) is 2.60. The van der Waals surface area contributed by atoms with Gasteiger partial charge in [0.1, 0.15) is 17.8 Å². The summed E-state index contributed by atoms with van der Waals surface area (Å²) in [6.45, 7) is -0.217. The number of carbonyl (C=O) groups is 4. The molecule has 1 rings (SSSR count). The molecule has 30 heavy (non-hydrogen) atoms. The van der Waals surface area contributed by atoms with Gasteiger partial charge in [0, 0.05) is 6.42 Å². The molecule has 3 amide bonds. The lowest BCUT2D eigenvalue weighted by Crippen LogP contribution is -2.53. The van der Waals surface area contributed by atoms with E-state index in [-0.39, 0.29) is 31.7 Å². The number of nitrogens with one attached hydrogen (secondary N) is 3. The minimum absolute atomic E-state index is 0.00260. The summed E-state index contributed by atoms with van der Waals surface area (Å²) in [7, 11) is 0. The van der Waals surface area contributed by atoms with Gasteiger partial charge in [-0.15, -0.1) is 0 Å². The van der Waals surface area contributed by atoms with Crippen LogP contribution in [0.15, 0.2) is 24.3 Å². The molecule has 2 unspecified atom stereocenters. The van der Waals surface area contributed by atoms with Crippen LogP contribution in [0.2, 0.25) is 0 Å². The molecule has 0 aromatic heterocycles. The molecule has 0 aliphatic rings. The molecule has 1 aromatic carbocycles. The number of hydrogen-bond acceptors (Lipinski definition) is 7. The monoisotopic (exact) mass is 423 g/mol. The standard InChI is InChI=1S/C19H29N5O6/c20-8-2-1-3-14(23-17(27)11-22-16(26)10-21)18(28)24-15(19(29)30)9-12-4-6-13(25)7-5-12/h4-7,14-15,25H,1-3,8-11,20-21H2,(H,22,26)(H,23,27)(H,24,28)(H,29,30). The van der Waals surface area contributed by atoms with E-state index >= 15 is 0 Å². The van der Waals surface area contributed by atoms with Gasteiger partial charge in [0.15, 0.2) is 0 Å². The highest BCUT2D eigenvalue weighted by atomic mass is 16.4. The largest absolute Gasteiger partial charge is 0.508 e. The van der Waals surface area contributed by atoms with Crippen molar-refractivity contribution in [1.29, 1.82) is 0 Å². The Balaban J connectivity index is 2.78. The van der Waals surface area contributed by atoms with Gasteiger partial charge in [-0.1, -0.05) is 12.1 Å². The number of unbranched alkanes of at least 4 members (excludes halogenated alkanes) is 1. The number of phenols is 1. The number of amides is 3. The molecule has 11 nitrogen and oxygen atoms in total. The molecule has 0 radical (unpaired) electrons. The summed E-state index contributed by atoms with van der Waals surface area (Å²) in [6, 6.07) is 3.73. The maximum Gasteiger partial charge on any atom is 0.326 e. The normalized spacial score (nSPS) is 12.5. The first-order valence-corrected chi connectivity index (χ1v) is 9.54. The number of benzene rings is 1. The van der Waals surface area contributed by atoms with E-state index in [1.807, 2.05) is 0 Å². The van der Waals surface area contributed by atoms with E-state index in [0.717, 1.165) is 0 Å². The molecule has 9 N–H and O–H groups in total. The Labute approximate surface area is 174 Å². The molecule has 0 heterocycles. The van der Waals surface area contributed by atoms with Crippen molar-refractivity contribution in [3.05, 3.63) is 29.8 Å². The van der Waals surface area contributed by atoms with E-state index in [1.54, 1.807) is 12.1 Å². The average molecular weight is 423 g/mol. The first kappa shape index (κ1) is 24.9. The van der Waals surface area contributed by atoms with Crippen LogP contribution in [-0.4, -0.2) is 65.6 Å². The lowest BCUT2D eigenvalue weighted by atomic mass is 10.0. The summed E-state index contributed by atoms with van der Waals surface area (Å²) in [5.74, 6) is -2.97. The fourth-order valence-corrected chi connectivity index (χ4v) is 2.60. The van der Waals surface area contributed by atoms with E-state index in [9.17, 15) is 29.4 Å². The molecule has 0 saturated heterocycles. The molecule has 0 fully saturated rings. The van der Waals surface area contributed by atoms with Crippen LogP contribution in [0.3, 0.4) is 0 Å². The summed E-state index contributed by atoms with van der Waals surface area (Å²) in [6.07, 6.45) is 1.42. The Hall–Kier alpha value is -3.18. The van der Waals surface area contributed by atoms with Crippen molar-refractivity contribution in [2.75, 3.05) is 19.6 Å². The van der Waals surface area contributed by atoms with E-state index < -0.39 is 35.8 Å². The van der Waals surface area contributed by atoms with Gasteiger partial charge in [-0.05, 0) is 43.5 Å². The number of nitrogens with two attached hydrogens (primary N) is 2. The number of aliphatic carboxylic acids is 1. The second-order valence-electron chi connectivity index (χ2n) is 6.66. The molecule has 0 spiro atoms. The summed E-state index contributed by atoms with van der Waals surface area (Å²) in [4.78, 5) is 47.5. The third-order valence-corrected chi connectivity index (χ3v) is 4.22. The zero-order chi connectivity index (χ0) is 22.5. The Morgan fingerprint density at radius 3 is 2.17 bits per heavy atom. The van der Waals surface area contributed by atoms with E-state index in [0.29, 0.717) is 24.9 Å². The van der Waals surface area contributed by atoms with Crippen LogP contribution in [0.4, 0.5) is 0 Å². The van der Waals surface area contributed by atoms with Crippen molar-refractivity contribution in [1.82, 2.24) is 16.0 Å². The first-order chi connectivity index (χ1) is 14.3. The van der Waals surface area contributed by atoms with Crippen molar-refractivity contribution in [2.24, 2.45) is 11.5 Å². The van der Waals surface area contributed by atoms with Crippen molar-refractivity contribution in [3.8, 4) is 5.75 Å². The highest BCUT2D eigenvalue weighted by molar-refractivity contribution is 5.92. The van der Waals surface area contributed by atoms with Crippen LogP contribution in [0.25, 0.3) is 0 Å². The lowest BCUT2D eigenvalue weighted by Gasteiger charge is -2.22. The number of rotatable bonds is 13. The molecule has 1 aromatic rings. The van der Waals surface area contributed by atoms with Gasteiger partial charge in [0.05, 0.1) is 13.1 Å². The Bertz CT molecular complexity index is 725. The van der Waals surface area contributed by atoms with Crippen molar-refractivity contribution in [3.63, 3.8) is 0 Å². The van der Waals surface area contributed by atoms with Crippen LogP contribution < -0.4 is 27.4 Å². The molecule has 2 atom stereocenters. The SMILES string of the molecule is NCCCCC(NC(=O)CNC(=O)CN)C(=O)NC(Cc1ccc(O)cc1)C(=O)O. The average Bonchev–Trinajstić information content (AvgIpc) is 2.72. The number of aromatic hydroxyl groups is 1. The van der Waals surface area contributed by atoms with E-state index in [4.69, 9.17) is 11.5 Å². The zero-order valence-corrected chi connectivity index (χ0v) is 16.6. The number of hydrogen-bond donors (Lipinski definition) is 7. The van der Waals surface area contributed by atoms with Gasteiger partial charge in [0.2, 0.25) is 17.7 Å². The number of carboxylic acid groups (broad SMARTS) is 1.